The van der Waals surface area contributed by atoms with Crippen molar-refractivity contribution in [2.75, 3.05) is 5.01 Å². The zero-order valence-corrected chi connectivity index (χ0v) is 15.2. The number of hydrogen-bond acceptors (Lipinski definition) is 2. The molecule has 0 saturated carbocycles. The summed E-state index contributed by atoms with van der Waals surface area (Å²) in [5.74, 6) is 0. The lowest BCUT2D eigenvalue weighted by molar-refractivity contribution is 0.388. The maximum absolute atomic E-state index is 5.47. The van der Waals surface area contributed by atoms with Gasteiger partial charge in [-0.1, -0.05) is 50.1 Å². The molecule has 0 radical (unpaired) electrons. The number of hydrogen-bond donors (Lipinski definition) is 2. The average Bonchev–Trinajstić information content (AvgIpc) is 2.76. The van der Waals surface area contributed by atoms with Crippen molar-refractivity contribution in [2.24, 2.45) is 0 Å². The average molecular weight is 427 g/mol. The lowest BCUT2D eigenvalue weighted by Gasteiger charge is -2.27. The molecule has 0 amide bonds. The minimum Gasteiger partial charge on any atom is -0.338 e. The van der Waals surface area contributed by atoms with Gasteiger partial charge in [-0.05, 0) is 49.5 Å². The summed E-state index contributed by atoms with van der Waals surface area (Å²) in [5.41, 5.74) is 5.09. The van der Waals surface area contributed by atoms with Gasteiger partial charge in [-0.2, -0.15) is 5.43 Å². The minimum atomic E-state index is -0.454. The van der Waals surface area contributed by atoms with E-state index in [4.69, 9.17) is 12.2 Å². The molecule has 2 aromatic rings. The van der Waals surface area contributed by atoms with Crippen molar-refractivity contribution in [3.63, 3.8) is 0 Å². The molecule has 2 aromatic carbocycles. The Morgan fingerprint density at radius 2 is 1.71 bits per heavy atom. The predicted molar refractivity (Wildman–Crippen MR) is 97.0 cm³/mol. The van der Waals surface area contributed by atoms with Gasteiger partial charge < -0.3 is 5.32 Å². The Morgan fingerprint density at radius 1 is 1.05 bits per heavy atom. The third-order valence-corrected chi connectivity index (χ3v) is 4.90. The van der Waals surface area contributed by atoms with Gasteiger partial charge in [0.25, 0.3) is 0 Å². The van der Waals surface area contributed by atoms with E-state index in [1.807, 2.05) is 47.5 Å². The molecule has 108 valence electrons. The molecule has 2 N–H and O–H groups in total. The Balaban J connectivity index is 1.94. The van der Waals surface area contributed by atoms with Crippen LogP contribution >= 0.6 is 44.1 Å². The monoisotopic (exact) mass is 425 g/mol. The van der Waals surface area contributed by atoms with Gasteiger partial charge >= 0.3 is 0 Å². The maximum Gasteiger partial charge on any atom is 0.190 e. The quantitative estimate of drug-likeness (QED) is 0.700. The third-order valence-electron chi connectivity index (χ3n) is 3.39. The van der Waals surface area contributed by atoms with Crippen molar-refractivity contribution in [1.82, 2.24) is 10.7 Å². The van der Waals surface area contributed by atoms with Gasteiger partial charge in [0.1, 0.15) is 5.66 Å². The summed E-state index contributed by atoms with van der Waals surface area (Å²) >= 11 is 12.5. The fourth-order valence-electron chi connectivity index (χ4n) is 2.34. The molecule has 0 spiro atoms. The van der Waals surface area contributed by atoms with E-state index < -0.39 is 5.66 Å². The molecule has 0 aromatic heterocycles. The van der Waals surface area contributed by atoms with Crippen molar-refractivity contribution < 1.29 is 0 Å². The highest BCUT2D eigenvalue weighted by molar-refractivity contribution is 9.10. The number of nitrogens with zero attached hydrogens (tertiary/aromatic N) is 1. The van der Waals surface area contributed by atoms with Gasteiger partial charge in [0.15, 0.2) is 5.11 Å². The molecule has 1 aliphatic heterocycles. The zero-order valence-electron chi connectivity index (χ0n) is 11.2. The van der Waals surface area contributed by atoms with E-state index in [-0.39, 0.29) is 0 Å². The van der Waals surface area contributed by atoms with Crippen LogP contribution in [0.5, 0.6) is 0 Å². The van der Waals surface area contributed by atoms with E-state index in [9.17, 15) is 0 Å². The lowest BCUT2D eigenvalue weighted by Crippen LogP contribution is -2.46. The Labute approximate surface area is 146 Å². The van der Waals surface area contributed by atoms with Crippen LogP contribution < -0.4 is 15.8 Å². The van der Waals surface area contributed by atoms with Crippen LogP contribution in [0.3, 0.4) is 0 Å². The van der Waals surface area contributed by atoms with Crippen LogP contribution in [-0.4, -0.2) is 5.11 Å². The molecule has 21 heavy (non-hydrogen) atoms. The number of nitrogens with one attached hydrogen (secondary N) is 2. The van der Waals surface area contributed by atoms with Gasteiger partial charge in [0, 0.05) is 14.5 Å². The maximum atomic E-state index is 5.47. The van der Waals surface area contributed by atoms with Gasteiger partial charge in [0.2, 0.25) is 0 Å². The fraction of sp³-hybridized carbons (Fsp3) is 0.133. The zero-order chi connectivity index (χ0) is 15.0. The first-order valence-electron chi connectivity index (χ1n) is 6.40. The summed E-state index contributed by atoms with van der Waals surface area (Å²) in [7, 11) is 0. The van der Waals surface area contributed by atoms with Crippen LogP contribution in [0.15, 0.2) is 57.5 Å². The third kappa shape index (κ3) is 2.85. The van der Waals surface area contributed by atoms with E-state index in [0.717, 1.165) is 20.2 Å². The highest BCUT2D eigenvalue weighted by atomic mass is 79.9. The van der Waals surface area contributed by atoms with Crippen molar-refractivity contribution >= 4 is 54.9 Å². The molecule has 0 bridgehead atoms. The number of thiocarbonyl (C=S) groups is 1. The molecule has 1 heterocycles. The number of hydrazine groups is 1. The van der Waals surface area contributed by atoms with Gasteiger partial charge in [-0.25, -0.2) is 5.01 Å². The summed E-state index contributed by atoms with van der Waals surface area (Å²) in [4.78, 5) is 0. The molecular formula is C15H13Br2N3S. The first kappa shape index (κ1) is 15.0. The van der Waals surface area contributed by atoms with E-state index >= 15 is 0 Å². The van der Waals surface area contributed by atoms with Crippen LogP contribution in [0.4, 0.5) is 5.69 Å². The normalized spacial score (nSPS) is 21.5. The summed E-state index contributed by atoms with van der Waals surface area (Å²) in [6.07, 6.45) is 0. The summed E-state index contributed by atoms with van der Waals surface area (Å²) in [5, 5.41) is 5.89. The van der Waals surface area contributed by atoms with E-state index in [1.54, 1.807) is 0 Å². The molecule has 1 atom stereocenters. The topological polar surface area (TPSA) is 27.3 Å². The SMILES string of the molecule is CC1(c2ccccc2Br)NC(=S)N(c2ccc(Br)cc2)N1. The molecule has 3 rings (SSSR count). The van der Waals surface area contributed by atoms with Crippen molar-refractivity contribution in [1.29, 1.82) is 0 Å². The summed E-state index contributed by atoms with van der Waals surface area (Å²) in [6, 6.07) is 16.1. The van der Waals surface area contributed by atoms with Crippen LogP contribution in [0.2, 0.25) is 0 Å². The summed E-state index contributed by atoms with van der Waals surface area (Å²) < 4.78 is 2.07. The number of benzene rings is 2. The molecule has 1 aliphatic rings. The highest BCUT2D eigenvalue weighted by Gasteiger charge is 2.39. The largest absolute Gasteiger partial charge is 0.338 e. The number of rotatable bonds is 2. The van der Waals surface area contributed by atoms with Gasteiger partial charge in [-0.15, -0.1) is 0 Å². The first-order chi connectivity index (χ1) is 9.99. The van der Waals surface area contributed by atoms with Gasteiger partial charge in [-0.3, -0.25) is 0 Å². The van der Waals surface area contributed by atoms with Crippen LogP contribution in [0, 0.1) is 0 Å². The standard InChI is InChI=1S/C15H13Br2N3S/c1-15(12-4-2-3-5-13(12)17)18-14(21)20(19-15)11-8-6-10(16)7-9-11/h2-9,19H,1H3,(H,18,21). The van der Waals surface area contributed by atoms with Crippen molar-refractivity contribution in [3.8, 4) is 0 Å². The van der Waals surface area contributed by atoms with Gasteiger partial charge in [0.05, 0.1) is 5.69 Å². The van der Waals surface area contributed by atoms with E-state index in [0.29, 0.717) is 5.11 Å². The molecule has 1 unspecified atom stereocenters. The van der Waals surface area contributed by atoms with Crippen LogP contribution in [0.1, 0.15) is 12.5 Å². The lowest BCUT2D eigenvalue weighted by atomic mass is 10.0. The highest BCUT2D eigenvalue weighted by Crippen LogP contribution is 2.31. The van der Waals surface area contributed by atoms with Crippen LogP contribution in [-0.2, 0) is 5.66 Å². The smallest absolute Gasteiger partial charge is 0.190 e. The number of anilines is 1. The fourth-order valence-corrected chi connectivity index (χ4v) is 3.64. The Bertz CT molecular complexity index is 690. The number of halogens is 2. The Kier molecular flexibility index (Phi) is 4.05. The van der Waals surface area contributed by atoms with Crippen molar-refractivity contribution in [3.05, 3.63) is 63.0 Å². The second-order valence-corrected chi connectivity index (χ2v) is 7.12. The predicted octanol–water partition coefficient (Wildman–Crippen LogP) is 4.28. The first-order valence-corrected chi connectivity index (χ1v) is 8.40. The van der Waals surface area contributed by atoms with Crippen molar-refractivity contribution in [2.45, 2.75) is 12.6 Å². The second-order valence-electron chi connectivity index (χ2n) is 4.96. The Morgan fingerprint density at radius 3 is 2.38 bits per heavy atom. The van der Waals surface area contributed by atoms with E-state index in [1.165, 1.54) is 0 Å². The molecule has 6 heteroatoms. The van der Waals surface area contributed by atoms with Crippen LogP contribution in [0.25, 0.3) is 0 Å². The minimum absolute atomic E-state index is 0.454. The summed E-state index contributed by atoms with van der Waals surface area (Å²) in [6.45, 7) is 2.07. The molecule has 3 nitrogen and oxygen atoms in total. The Hall–Kier alpha value is -0.950. The molecule has 0 aliphatic carbocycles. The molecular weight excluding hydrogens is 414 g/mol. The second kappa shape index (κ2) is 5.68. The molecule has 1 fully saturated rings. The molecule has 1 saturated heterocycles. The van der Waals surface area contributed by atoms with E-state index in [2.05, 4.69) is 55.6 Å².